The molecule has 0 unspecified atom stereocenters. The quantitative estimate of drug-likeness (QED) is 0.776. The highest BCUT2D eigenvalue weighted by Crippen LogP contribution is 2.23. The van der Waals surface area contributed by atoms with E-state index in [1.165, 1.54) is 5.56 Å². The van der Waals surface area contributed by atoms with Crippen LogP contribution < -0.4 is 0 Å². The number of hydrogen-bond donors (Lipinski definition) is 1. The minimum absolute atomic E-state index is 0.270. The first kappa shape index (κ1) is 12.3. The first-order chi connectivity index (χ1) is 7.85. The molecule has 0 spiro atoms. The van der Waals surface area contributed by atoms with E-state index in [0.29, 0.717) is 18.2 Å². The molecule has 0 bridgehead atoms. The molecule has 0 saturated heterocycles. The van der Waals surface area contributed by atoms with E-state index in [9.17, 15) is 4.79 Å². The van der Waals surface area contributed by atoms with E-state index >= 15 is 0 Å². The normalized spacial score (nSPS) is 15.6. The second-order valence-electron chi connectivity index (χ2n) is 5.27. The molecule has 2 rings (SSSR count). The lowest BCUT2D eigenvalue weighted by atomic mass is 10.1. The second kappa shape index (κ2) is 4.26. The predicted molar refractivity (Wildman–Crippen MR) is 66.2 cm³/mol. The van der Waals surface area contributed by atoms with Crippen LogP contribution in [0.2, 0.25) is 5.15 Å². The average Bonchev–Trinajstić information content (AvgIpc) is 2.53. The van der Waals surface area contributed by atoms with Gasteiger partial charge in [-0.2, -0.15) is 0 Å². The zero-order valence-corrected chi connectivity index (χ0v) is 11.1. The molecule has 2 heterocycles. The number of H-pyrrole nitrogens is 1. The van der Waals surface area contributed by atoms with E-state index in [4.69, 9.17) is 16.3 Å². The fraction of sp³-hybridized carbons (Fsp3) is 0.583. The van der Waals surface area contributed by atoms with Crippen LogP contribution in [0.3, 0.4) is 0 Å². The summed E-state index contributed by atoms with van der Waals surface area (Å²) in [6.45, 7) is 6.82. The summed E-state index contributed by atoms with van der Waals surface area (Å²) in [5, 5.41) is 0.626. The molecule has 0 atom stereocenters. The Hall–Kier alpha value is -1.16. The van der Waals surface area contributed by atoms with Crippen LogP contribution in [0.25, 0.3) is 0 Å². The molecule has 0 aromatic carbocycles. The van der Waals surface area contributed by atoms with Crippen molar-refractivity contribution in [1.29, 1.82) is 0 Å². The van der Waals surface area contributed by atoms with Gasteiger partial charge in [0.05, 0.1) is 6.54 Å². The van der Waals surface area contributed by atoms with E-state index < -0.39 is 5.60 Å². The number of aromatic amines is 1. The lowest BCUT2D eigenvalue weighted by Crippen LogP contribution is -2.39. The van der Waals surface area contributed by atoms with Gasteiger partial charge >= 0.3 is 6.09 Å². The Morgan fingerprint density at radius 3 is 2.88 bits per heavy atom. The Morgan fingerprint density at radius 2 is 2.24 bits per heavy atom. The van der Waals surface area contributed by atoms with Gasteiger partial charge in [0.25, 0.3) is 0 Å². The fourth-order valence-electron chi connectivity index (χ4n) is 1.87. The molecule has 1 aromatic heterocycles. The van der Waals surface area contributed by atoms with E-state index in [2.05, 4.69) is 4.98 Å². The first-order valence-electron chi connectivity index (χ1n) is 5.69. The van der Waals surface area contributed by atoms with Crippen LogP contribution in [0, 0.1) is 0 Å². The largest absolute Gasteiger partial charge is 0.444 e. The highest BCUT2D eigenvalue weighted by atomic mass is 35.5. The molecule has 0 fully saturated rings. The fourth-order valence-corrected chi connectivity index (χ4v) is 2.12. The summed E-state index contributed by atoms with van der Waals surface area (Å²) < 4.78 is 5.34. The van der Waals surface area contributed by atoms with Gasteiger partial charge in [-0.1, -0.05) is 11.6 Å². The summed E-state index contributed by atoms with van der Waals surface area (Å²) in [5.41, 5.74) is 1.74. The van der Waals surface area contributed by atoms with Gasteiger partial charge in [-0.25, -0.2) is 4.79 Å². The van der Waals surface area contributed by atoms with E-state index in [1.807, 2.05) is 26.8 Å². The van der Waals surface area contributed by atoms with Gasteiger partial charge in [-0.3, -0.25) is 0 Å². The van der Waals surface area contributed by atoms with E-state index in [1.54, 1.807) is 4.90 Å². The van der Waals surface area contributed by atoms with Gasteiger partial charge in [-0.05, 0) is 38.8 Å². The summed E-state index contributed by atoms with van der Waals surface area (Å²) in [6.07, 6.45) is 0.548. The maximum Gasteiger partial charge on any atom is 0.410 e. The number of carbonyl (C=O) groups excluding carboxylic acids is 1. The maximum absolute atomic E-state index is 11.9. The van der Waals surface area contributed by atoms with Crippen molar-refractivity contribution >= 4 is 17.7 Å². The van der Waals surface area contributed by atoms with Crippen LogP contribution >= 0.6 is 11.6 Å². The third-order valence-corrected chi connectivity index (χ3v) is 2.81. The van der Waals surface area contributed by atoms with Crippen molar-refractivity contribution in [3.05, 3.63) is 22.5 Å². The zero-order chi connectivity index (χ0) is 12.6. The van der Waals surface area contributed by atoms with Crippen LogP contribution in [-0.2, 0) is 17.7 Å². The third kappa shape index (κ3) is 2.94. The molecule has 1 aliphatic rings. The van der Waals surface area contributed by atoms with Crippen molar-refractivity contribution in [3.63, 3.8) is 0 Å². The lowest BCUT2D eigenvalue weighted by molar-refractivity contribution is 0.0222. The molecular weight excluding hydrogens is 240 g/mol. The highest BCUT2D eigenvalue weighted by Gasteiger charge is 2.26. The zero-order valence-electron chi connectivity index (χ0n) is 10.3. The first-order valence-corrected chi connectivity index (χ1v) is 6.07. The summed E-state index contributed by atoms with van der Waals surface area (Å²) in [6, 6.07) is 1.92. The van der Waals surface area contributed by atoms with Crippen LogP contribution in [0.4, 0.5) is 4.79 Å². The Labute approximate surface area is 106 Å². The molecule has 1 aliphatic heterocycles. The molecule has 1 aromatic rings. The second-order valence-corrected chi connectivity index (χ2v) is 5.68. The molecular formula is C12H17ClN2O2. The number of ether oxygens (including phenoxy) is 1. The average molecular weight is 257 g/mol. The van der Waals surface area contributed by atoms with Crippen LogP contribution in [0.1, 0.15) is 32.0 Å². The SMILES string of the molecule is CC(C)(C)OC(=O)N1CCc2cc(Cl)[nH]c2C1. The molecule has 4 nitrogen and oxygen atoms in total. The van der Waals surface area contributed by atoms with Crippen molar-refractivity contribution < 1.29 is 9.53 Å². The maximum atomic E-state index is 11.9. The molecule has 0 radical (unpaired) electrons. The molecule has 0 saturated carbocycles. The molecule has 5 heteroatoms. The van der Waals surface area contributed by atoms with Gasteiger partial charge < -0.3 is 14.6 Å². The number of nitrogens with one attached hydrogen (secondary N) is 1. The molecule has 94 valence electrons. The predicted octanol–water partition coefficient (Wildman–Crippen LogP) is 2.96. The molecule has 0 aliphatic carbocycles. The number of aromatic nitrogens is 1. The minimum atomic E-state index is -0.454. The smallest absolute Gasteiger partial charge is 0.410 e. The number of carbonyl (C=O) groups is 1. The van der Waals surface area contributed by atoms with Crippen molar-refractivity contribution in [2.24, 2.45) is 0 Å². The number of fused-ring (bicyclic) bond motifs is 1. The summed E-state index contributed by atoms with van der Waals surface area (Å²) in [7, 11) is 0. The van der Waals surface area contributed by atoms with Gasteiger partial charge in [0.15, 0.2) is 0 Å². The molecule has 1 N–H and O–H groups in total. The number of halogens is 1. The third-order valence-electron chi connectivity index (χ3n) is 2.61. The van der Waals surface area contributed by atoms with E-state index in [0.717, 1.165) is 12.1 Å². The van der Waals surface area contributed by atoms with Gasteiger partial charge in [0, 0.05) is 12.2 Å². The monoisotopic (exact) mass is 256 g/mol. The van der Waals surface area contributed by atoms with Crippen molar-refractivity contribution in [3.8, 4) is 0 Å². The Bertz CT molecular complexity index is 434. The molecule has 1 amide bonds. The number of rotatable bonds is 0. The highest BCUT2D eigenvalue weighted by molar-refractivity contribution is 6.29. The van der Waals surface area contributed by atoms with Gasteiger partial charge in [0.2, 0.25) is 0 Å². The summed E-state index contributed by atoms with van der Waals surface area (Å²) in [5.74, 6) is 0. The van der Waals surface area contributed by atoms with Crippen molar-refractivity contribution in [2.75, 3.05) is 6.54 Å². The van der Waals surface area contributed by atoms with E-state index in [-0.39, 0.29) is 6.09 Å². The Kier molecular flexibility index (Phi) is 3.08. The van der Waals surface area contributed by atoms with Gasteiger partial charge in [-0.15, -0.1) is 0 Å². The summed E-state index contributed by atoms with van der Waals surface area (Å²) >= 11 is 5.89. The van der Waals surface area contributed by atoms with Crippen molar-refractivity contribution in [2.45, 2.75) is 39.3 Å². The van der Waals surface area contributed by atoms with Crippen LogP contribution in [0.5, 0.6) is 0 Å². The Morgan fingerprint density at radius 1 is 1.53 bits per heavy atom. The number of hydrogen-bond acceptors (Lipinski definition) is 2. The lowest BCUT2D eigenvalue weighted by Gasteiger charge is -2.29. The summed E-state index contributed by atoms with van der Waals surface area (Å²) in [4.78, 5) is 16.6. The Balaban J connectivity index is 2.05. The van der Waals surface area contributed by atoms with Gasteiger partial charge in [0.1, 0.15) is 10.8 Å². The number of nitrogens with zero attached hydrogens (tertiary/aromatic N) is 1. The topological polar surface area (TPSA) is 45.3 Å². The number of amides is 1. The molecule has 17 heavy (non-hydrogen) atoms. The van der Waals surface area contributed by atoms with Crippen LogP contribution in [-0.4, -0.2) is 28.1 Å². The van der Waals surface area contributed by atoms with Crippen molar-refractivity contribution in [1.82, 2.24) is 9.88 Å². The minimum Gasteiger partial charge on any atom is -0.444 e. The van der Waals surface area contributed by atoms with Crippen LogP contribution in [0.15, 0.2) is 6.07 Å². The standard InChI is InChI=1S/C12H17ClN2O2/c1-12(2,3)17-11(16)15-5-4-8-6-10(13)14-9(8)7-15/h6,14H,4-5,7H2,1-3H3.